The van der Waals surface area contributed by atoms with Gasteiger partial charge >= 0.3 is 0 Å². The van der Waals surface area contributed by atoms with Crippen LogP contribution in [0.1, 0.15) is 49.0 Å². The predicted octanol–water partition coefficient (Wildman–Crippen LogP) is 4.35. The van der Waals surface area contributed by atoms with Gasteiger partial charge in [-0.2, -0.15) is 10.2 Å². The number of hydrogen-bond acceptors (Lipinski definition) is 7. The van der Waals surface area contributed by atoms with E-state index in [9.17, 15) is 4.79 Å². The Morgan fingerprint density at radius 2 is 2.07 bits per heavy atom. The van der Waals surface area contributed by atoms with Crippen LogP contribution in [-0.4, -0.2) is 46.5 Å². The van der Waals surface area contributed by atoms with Gasteiger partial charge in [-0.3, -0.25) is 9.36 Å². The van der Waals surface area contributed by atoms with Crippen LogP contribution >= 0.6 is 23.1 Å². The molecule has 2 aromatic rings. The highest BCUT2D eigenvalue weighted by Gasteiger charge is 2.38. The molecule has 2 aromatic heterocycles. The highest BCUT2D eigenvalue weighted by atomic mass is 32.2. The fraction of sp³-hybridized carbons (Fsp3) is 0.636. The molecule has 2 aliphatic rings. The number of aryl methyl sites for hydroxylation is 2. The normalized spacial score (nSPS) is 16.7. The van der Waals surface area contributed by atoms with Gasteiger partial charge in [-0.05, 0) is 58.3 Å². The van der Waals surface area contributed by atoms with Gasteiger partial charge in [-0.15, -0.1) is 23.7 Å². The Kier molecular flexibility index (Phi) is 6.61. The molecule has 0 N–H and O–H groups in total. The predicted molar refractivity (Wildman–Crippen MR) is 125 cm³/mol. The third kappa shape index (κ3) is 4.63. The Morgan fingerprint density at radius 1 is 1.27 bits per heavy atom. The summed E-state index contributed by atoms with van der Waals surface area (Å²) in [6.45, 7) is 1.65. The molecule has 0 unspecified atom stereocenters. The molecule has 1 aliphatic heterocycles. The Hall–Kier alpha value is -1.69. The highest BCUT2D eigenvalue weighted by molar-refractivity contribution is 7.99. The average molecular weight is 444 g/mol. The van der Waals surface area contributed by atoms with Crippen molar-refractivity contribution in [3.05, 3.63) is 20.8 Å². The topological polar surface area (TPSA) is 62.9 Å². The van der Waals surface area contributed by atoms with Crippen molar-refractivity contribution in [2.24, 2.45) is 10.2 Å². The molecule has 0 atom stereocenters. The maximum atomic E-state index is 13.5. The van der Waals surface area contributed by atoms with Crippen LogP contribution in [0.2, 0.25) is 0 Å². The van der Waals surface area contributed by atoms with Crippen molar-refractivity contribution in [2.45, 2.75) is 68.7 Å². The summed E-state index contributed by atoms with van der Waals surface area (Å²) in [5.41, 5.74) is 1.12. The second kappa shape index (κ2) is 9.21. The minimum atomic E-state index is -0.290. The first-order chi connectivity index (χ1) is 14.5. The van der Waals surface area contributed by atoms with Crippen molar-refractivity contribution in [1.82, 2.24) is 14.5 Å². The van der Waals surface area contributed by atoms with Gasteiger partial charge in [-0.25, -0.2) is 4.98 Å². The van der Waals surface area contributed by atoms with Gasteiger partial charge < -0.3 is 4.90 Å². The first-order valence-corrected chi connectivity index (χ1v) is 12.5. The number of rotatable bonds is 10. The van der Waals surface area contributed by atoms with Crippen LogP contribution < -0.4 is 5.56 Å². The van der Waals surface area contributed by atoms with E-state index in [1.54, 1.807) is 23.1 Å². The van der Waals surface area contributed by atoms with Crippen LogP contribution in [0.15, 0.2) is 20.2 Å². The summed E-state index contributed by atoms with van der Waals surface area (Å²) < 4.78 is 1.91. The zero-order valence-corrected chi connectivity index (χ0v) is 19.4. The zero-order chi connectivity index (χ0) is 21.1. The van der Waals surface area contributed by atoms with E-state index < -0.39 is 0 Å². The van der Waals surface area contributed by atoms with Crippen molar-refractivity contribution in [3.8, 4) is 12.3 Å². The first-order valence-electron chi connectivity index (χ1n) is 10.7. The van der Waals surface area contributed by atoms with Crippen LogP contribution in [0.4, 0.5) is 0 Å². The Bertz CT molecular complexity index is 1040. The summed E-state index contributed by atoms with van der Waals surface area (Å²) in [6, 6.07) is 0. The van der Waals surface area contributed by atoms with Crippen molar-refractivity contribution in [2.75, 3.05) is 26.4 Å². The zero-order valence-electron chi connectivity index (χ0n) is 17.8. The molecular formula is C22H29N5OS2. The molecule has 1 aliphatic carbocycles. The summed E-state index contributed by atoms with van der Waals surface area (Å²) >= 11 is 3.38. The third-order valence-corrected chi connectivity index (χ3v) is 7.98. The van der Waals surface area contributed by atoms with Crippen LogP contribution in [0.3, 0.4) is 0 Å². The van der Waals surface area contributed by atoms with Crippen LogP contribution in [0.5, 0.6) is 0 Å². The quantitative estimate of drug-likeness (QED) is 0.311. The number of hydrogen-bond donors (Lipinski definition) is 0. The van der Waals surface area contributed by atoms with E-state index in [1.165, 1.54) is 23.3 Å². The average Bonchev–Trinajstić information content (AvgIpc) is 3.39. The molecule has 0 radical (unpaired) electrons. The molecule has 0 fully saturated rings. The number of aromatic nitrogens is 2. The number of thiophene rings is 1. The molecule has 6 nitrogen and oxygen atoms in total. The van der Waals surface area contributed by atoms with E-state index >= 15 is 0 Å². The third-order valence-electron chi connectivity index (χ3n) is 5.81. The number of terminal acetylenes is 1. The molecule has 8 heteroatoms. The molecule has 0 spiro atoms. The Balaban J connectivity index is 1.58. The molecular weight excluding hydrogens is 414 g/mol. The molecule has 4 rings (SSSR count). The largest absolute Gasteiger partial charge is 0.309 e. The molecule has 0 aromatic carbocycles. The van der Waals surface area contributed by atoms with Crippen molar-refractivity contribution in [3.63, 3.8) is 0 Å². The first kappa shape index (κ1) is 21.5. The summed E-state index contributed by atoms with van der Waals surface area (Å²) in [5.74, 6) is 3.51. The fourth-order valence-electron chi connectivity index (χ4n) is 4.05. The van der Waals surface area contributed by atoms with E-state index in [0.717, 1.165) is 59.8 Å². The van der Waals surface area contributed by atoms with Crippen molar-refractivity contribution < 1.29 is 0 Å². The molecule has 3 heterocycles. The smallest absolute Gasteiger partial charge is 0.263 e. The molecule has 30 heavy (non-hydrogen) atoms. The van der Waals surface area contributed by atoms with E-state index in [4.69, 9.17) is 11.4 Å². The summed E-state index contributed by atoms with van der Waals surface area (Å²) in [4.78, 5) is 22.9. The number of thioether (sulfide) groups is 1. The molecule has 0 bridgehead atoms. The molecule has 0 saturated carbocycles. The Morgan fingerprint density at radius 3 is 2.80 bits per heavy atom. The molecule has 160 valence electrons. The lowest BCUT2D eigenvalue weighted by Crippen LogP contribution is -2.26. The van der Waals surface area contributed by atoms with Crippen LogP contribution in [0.25, 0.3) is 10.2 Å². The summed E-state index contributed by atoms with van der Waals surface area (Å²) in [5, 5.41) is 10.2. The van der Waals surface area contributed by atoms with E-state index in [1.807, 2.05) is 4.57 Å². The standard InChI is InChI=1S/C22H29N5OS2/c1-4-5-11-22(24-25-22)12-15-29-21-23-19-18(16-9-6-7-10-17(16)30-19)20(28)27(21)14-8-13-26(2)3/h1H,5-15H2,2-3H3. The van der Waals surface area contributed by atoms with Gasteiger partial charge in [0.25, 0.3) is 5.56 Å². The van der Waals surface area contributed by atoms with E-state index in [-0.39, 0.29) is 11.2 Å². The summed E-state index contributed by atoms with van der Waals surface area (Å²) in [6.07, 6.45) is 13.1. The second-order valence-corrected chi connectivity index (χ2v) is 10.5. The maximum absolute atomic E-state index is 13.5. The monoisotopic (exact) mass is 443 g/mol. The van der Waals surface area contributed by atoms with Crippen LogP contribution in [-0.2, 0) is 19.4 Å². The number of fused-ring (bicyclic) bond motifs is 3. The summed E-state index contributed by atoms with van der Waals surface area (Å²) in [7, 11) is 4.13. The fourth-order valence-corrected chi connectivity index (χ4v) is 6.45. The lowest BCUT2D eigenvalue weighted by molar-refractivity contribution is 0.379. The minimum absolute atomic E-state index is 0.142. The van der Waals surface area contributed by atoms with E-state index in [2.05, 4.69) is 35.1 Å². The maximum Gasteiger partial charge on any atom is 0.263 e. The van der Waals surface area contributed by atoms with E-state index in [0.29, 0.717) is 13.0 Å². The highest BCUT2D eigenvalue weighted by Crippen LogP contribution is 2.39. The Labute approximate surface area is 186 Å². The van der Waals surface area contributed by atoms with Crippen LogP contribution in [0, 0.1) is 12.3 Å². The van der Waals surface area contributed by atoms with Gasteiger partial charge in [0.05, 0.1) is 5.39 Å². The minimum Gasteiger partial charge on any atom is -0.309 e. The van der Waals surface area contributed by atoms with Gasteiger partial charge in [0.1, 0.15) is 4.83 Å². The van der Waals surface area contributed by atoms with Gasteiger partial charge in [0.15, 0.2) is 10.8 Å². The molecule has 0 amide bonds. The lowest BCUT2D eigenvalue weighted by atomic mass is 9.97. The van der Waals surface area contributed by atoms with Crippen molar-refractivity contribution >= 4 is 33.3 Å². The van der Waals surface area contributed by atoms with Gasteiger partial charge in [0, 0.05) is 36.4 Å². The van der Waals surface area contributed by atoms with Crippen molar-refractivity contribution in [1.29, 1.82) is 0 Å². The lowest BCUT2D eigenvalue weighted by Gasteiger charge is -2.15. The number of nitrogens with zero attached hydrogens (tertiary/aromatic N) is 5. The van der Waals surface area contributed by atoms with Gasteiger partial charge in [0.2, 0.25) is 0 Å². The van der Waals surface area contributed by atoms with Gasteiger partial charge in [-0.1, -0.05) is 11.8 Å². The second-order valence-electron chi connectivity index (χ2n) is 8.38. The SMILES string of the molecule is C#CCCC1(CCSc2nc3sc4c(c3c(=O)n2CCCN(C)C)CCCC4)N=N1. The molecule has 0 saturated heterocycles.